The van der Waals surface area contributed by atoms with Gasteiger partial charge in [0.2, 0.25) is 0 Å². The van der Waals surface area contributed by atoms with E-state index in [0.29, 0.717) is 35.5 Å². The van der Waals surface area contributed by atoms with Gasteiger partial charge in [0.05, 0.1) is 6.61 Å². The van der Waals surface area contributed by atoms with E-state index >= 15 is 0 Å². The number of piperidine rings is 1. The lowest BCUT2D eigenvalue weighted by molar-refractivity contribution is -0.139. The molecule has 24 heavy (non-hydrogen) atoms. The first kappa shape index (κ1) is 18.1. The van der Waals surface area contributed by atoms with Crippen LogP contribution in [0.5, 0.6) is 11.5 Å². The lowest BCUT2D eigenvalue weighted by atomic mass is 9.88. The van der Waals surface area contributed by atoms with Crippen LogP contribution in [0.3, 0.4) is 0 Å². The van der Waals surface area contributed by atoms with E-state index in [1.807, 2.05) is 11.8 Å². The Hall–Kier alpha value is -2.24. The first-order valence-corrected chi connectivity index (χ1v) is 8.33. The number of carbonyl (C=O) groups excluding carboxylic acids is 1. The minimum Gasteiger partial charge on any atom is -0.490 e. The third-order valence-corrected chi connectivity index (χ3v) is 4.46. The van der Waals surface area contributed by atoms with Gasteiger partial charge in [-0.15, -0.1) is 0 Å². The van der Waals surface area contributed by atoms with Gasteiger partial charge in [-0.05, 0) is 43.4 Å². The Bertz CT molecular complexity index is 601. The van der Waals surface area contributed by atoms with Crippen LogP contribution in [0.25, 0.3) is 0 Å². The quantitative estimate of drug-likeness (QED) is 0.865. The van der Waals surface area contributed by atoms with Crippen LogP contribution in [0.1, 0.15) is 37.6 Å². The summed E-state index contributed by atoms with van der Waals surface area (Å²) < 4.78 is 10.7. The zero-order valence-corrected chi connectivity index (χ0v) is 14.4. The van der Waals surface area contributed by atoms with Gasteiger partial charge in [0, 0.05) is 18.7 Å². The van der Waals surface area contributed by atoms with Crippen molar-refractivity contribution in [2.24, 2.45) is 11.8 Å². The van der Waals surface area contributed by atoms with Crippen molar-refractivity contribution in [3.63, 3.8) is 0 Å². The van der Waals surface area contributed by atoms with E-state index < -0.39 is 12.6 Å². The molecule has 0 aliphatic carbocycles. The summed E-state index contributed by atoms with van der Waals surface area (Å²) in [6, 6.07) is 4.88. The summed E-state index contributed by atoms with van der Waals surface area (Å²) in [5.41, 5.74) is 0.530. The van der Waals surface area contributed by atoms with E-state index in [9.17, 15) is 9.59 Å². The van der Waals surface area contributed by atoms with Crippen LogP contribution in [0.4, 0.5) is 0 Å². The van der Waals surface area contributed by atoms with Gasteiger partial charge in [-0.1, -0.05) is 13.8 Å². The van der Waals surface area contributed by atoms with Crippen LogP contribution in [0, 0.1) is 11.8 Å². The van der Waals surface area contributed by atoms with Crippen LogP contribution < -0.4 is 9.47 Å². The van der Waals surface area contributed by atoms with Gasteiger partial charge in [-0.3, -0.25) is 4.79 Å². The summed E-state index contributed by atoms with van der Waals surface area (Å²) in [6.07, 6.45) is 1.00. The predicted octanol–water partition coefficient (Wildman–Crippen LogP) is 2.67. The zero-order valence-electron chi connectivity index (χ0n) is 14.4. The van der Waals surface area contributed by atoms with Crippen molar-refractivity contribution in [3.05, 3.63) is 23.8 Å². The molecule has 1 N–H and O–H groups in total. The molecule has 0 aromatic heterocycles. The normalized spacial score (nSPS) is 20.5. The van der Waals surface area contributed by atoms with E-state index in [2.05, 4.69) is 13.8 Å². The summed E-state index contributed by atoms with van der Waals surface area (Å²) in [6.45, 7) is 7.66. The third kappa shape index (κ3) is 4.40. The molecular formula is C18H25NO5. The van der Waals surface area contributed by atoms with Crippen molar-refractivity contribution < 1.29 is 24.2 Å². The number of hydrogen-bond donors (Lipinski definition) is 1. The molecule has 1 heterocycles. The fourth-order valence-electron chi connectivity index (χ4n) is 2.80. The van der Waals surface area contributed by atoms with Crippen LogP contribution >= 0.6 is 0 Å². The number of carbonyl (C=O) groups is 2. The monoisotopic (exact) mass is 335 g/mol. The van der Waals surface area contributed by atoms with E-state index in [1.54, 1.807) is 18.2 Å². The van der Waals surface area contributed by atoms with Gasteiger partial charge in [0.1, 0.15) is 0 Å². The van der Waals surface area contributed by atoms with E-state index in [0.717, 1.165) is 19.5 Å². The molecule has 1 amide bonds. The van der Waals surface area contributed by atoms with Crippen molar-refractivity contribution in [3.8, 4) is 11.5 Å². The lowest BCUT2D eigenvalue weighted by Crippen LogP contribution is -2.42. The summed E-state index contributed by atoms with van der Waals surface area (Å²) in [4.78, 5) is 25.2. The Morgan fingerprint density at radius 1 is 1.21 bits per heavy atom. The smallest absolute Gasteiger partial charge is 0.341 e. The molecule has 2 rings (SSSR count). The molecule has 0 radical (unpaired) electrons. The highest BCUT2D eigenvalue weighted by Gasteiger charge is 2.27. The highest BCUT2D eigenvalue weighted by molar-refractivity contribution is 5.95. The van der Waals surface area contributed by atoms with Crippen molar-refractivity contribution in [2.45, 2.75) is 27.2 Å². The molecule has 6 nitrogen and oxygen atoms in total. The van der Waals surface area contributed by atoms with Gasteiger partial charge >= 0.3 is 5.97 Å². The molecule has 2 atom stereocenters. The Kier molecular flexibility index (Phi) is 6.06. The second-order valence-corrected chi connectivity index (χ2v) is 6.27. The minimum atomic E-state index is -1.06. The number of carboxylic acids is 1. The van der Waals surface area contributed by atoms with Crippen molar-refractivity contribution in [1.29, 1.82) is 0 Å². The maximum atomic E-state index is 12.7. The maximum absolute atomic E-state index is 12.7. The Balaban J connectivity index is 2.16. The minimum absolute atomic E-state index is 0.0283. The topological polar surface area (TPSA) is 76.1 Å². The second-order valence-electron chi connectivity index (χ2n) is 6.27. The molecule has 1 saturated heterocycles. The highest BCUT2D eigenvalue weighted by atomic mass is 16.5. The summed E-state index contributed by atoms with van der Waals surface area (Å²) in [7, 11) is 0. The van der Waals surface area contributed by atoms with Crippen LogP contribution in [-0.4, -0.2) is 48.2 Å². The third-order valence-electron chi connectivity index (χ3n) is 4.46. The first-order valence-electron chi connectivity index (χ1n) is 8.33. The van der Waals surface area contributed by atoms with E-state index in [1.165, 1.54) is 0 Å². The van der Waals surface area contributed by atoms with Crippen LogP contribution in [0.15, 0.2) is 18.2 Å². The summed E-state index contributed by atoms with van der Waals surface area (Å²) in [5.74, 6) is 0.736. The number of amides is 1. The van der Waals surface area contributed by atoms with Crippen molar-refractivity contribution in [2.75, 3.05) is 26.3 Å². The van der Waals surface area contributed by atoms with Crippen LogP contribution in [-0.2, 0) is 4.79 Å². The van der Waals surface area contributed by atoms with Crippen molar-refractivity contribution in [1.82, 2.24) is 4.90 Å². The van der Waals surface area contributed by atoms with Gasteiger partial charge in [-0.2, -0.15) is 0 Å². The Labute approximate surface area is 142 Å². The highest BCUT2D eigenvalue weighted by Crippen LogP contribution is 2.30. The fourth-order valence-corrected chi connectivity index (χ4v) is 2.80. The number of likely N-dealkylation sites (tertiary alicyclic amines) is 1. The van der Waals surface area contributed by atoms with Crippen molar-refractivity contribution >= 4 is 11.9 Å². The SMILES string of the molecule is CCOc1cc(C(=O)N2CCC(C)C(C)C2)ccc1OCC(=O)O. The van der Waals surface area contributed by atoms with Crippen LogP contribution in [0.2, 0.25) is 0 Å². The molecule has 0 saturated carbocycles. The molecule has 1 aromatic carbocycles. The number of rotatable bonds is 6. The lowest BCUT2D eigenvalue weighted by Gasteiger charge is -2.35. The molecular weight excluding hydrogens is 310 g/mol. The molecule has 1 aliphatic rings. The molecule has 1 fully saturated rings. The molecule has 1 aliphatic heterocycles. The number of carboxylic acid groups (broad SMARTS) is 1. The number of benzene rings is 1. The second kappa shape index (κ2) is 8.04. The number of nitrogens with zero attached hydrogens (tertiary/aromatic N) is 1. The fraction of sp³-hybridized carbons (Fsp3) is 0.556. The van der Waals surface area contributed by atoms with Gasteiger partial charge < -0.3 is 19.5 Å². The molecule has 1 aromatic rings. The molecule has 0 spiro atoms. The average molecular weight is 335 g/mol. The first-order chi connectivity index (χ1) is 11.4. The number of aliphatic carboxylic acids is 1. The van der Waals surface area contributed by atoms with Gasteiger partial charge in [0.15, 0.2) is 18.1 Å². The number of hydrogen-bond acceptors (Lipinski definition) is 4. The van der Waals surface area contributed by atoms with Gasteiger partial charge in [-0.25, -0.2) is 4.79 Å². The summed E-state index contributed by atoms with van der Waals surface area (Å²) in [5, 5.41) is 8.73. The average Bonchev–Trinajstić information content (AvgIpc) is 2.55. The van der Waals surface area contributed by atoms with E-state index in [4.69, 9.17) is 14.6 Å². The van der Waals surface area contributed by atoms with Gasteiger partial charge in [0.25, 0.3) is 5.91 Å². The predicted molar refractivity (Wildman–Crippen MR) is 89.6 cm³/mol. The standard InChI is InChI=1S/C18H25NO5/c1-4-23-16-9-14(5-6-15(16)24-11-17(20)21)18(22)19-8-7-12(2)13(3)10-19/h5-6,9,12-13H,4,7-8,10-11H2,1-3H3,(H,20,21). The molecule has 2 unspecified atom stereocenters. The molecule has 6 heteroatoms. The molecule has 132 valence electrons. The Morgan fingerprint density at radius 2 is 1.96 bits per heavy atom. The number of ether oxygens (including phenoxy) is 2. The Morgan fingerprint density at radius 3 is 2.58 bits per heavy atom. The zero-order chi connectivity index (χ0) is 17.7. The van der Waals surface area contributed by atoms with E-state index in [-0.39, 0.29) is 5.91 Å². The maximum Gasteiger partial charge on any atom is 0.341 e. The summed E-state index contributed by atoms with van der Waals surface area (Å²) >= 11 is 0. The largest absolute Gasteiger partial charge is 0.490 e. The molecule has 0 bridgehead atoms.